The van der Waals surface area contributed by atoms with Gasteiger partial charge in [-0.2, -0.15) is 20.0 Å². The summed E-state index contributed by atoms with van der Waals surface area (Å²) < 4.78 is 27.3. The molecule has 0 fully saturated rings. The van der Waals surface area contributed by atoms with Crippen LogP contribution in [0.15, 0.2) is 100 Å². The van der Waals surface area contributed by atoms with E-state index in [1.165, 1.54) is 11.3 Å². The molecule has 0 radical (unpaired) electrons. The zero-order valence-corrected chi connectivity index (χ0v) is 25.8. The number of nitrogens with zero attached hydrogens (tertiary/aromatic N) is 5. The minimum Gasteiger partial charge on any atom is -0.497 e. The van der Waals surface area contributed by atoms with Crippen molar-refractivity contribution >= 4 is 47.0 Å². The van der Waals surface area contributed by atoms with Crippen LogP contribution in [0.4, 0.5) is 29.2 Å². The molecule has 0 unspecified atom stereocenters. The van der Waals surface area contributed by atoms with Crippen LogP contribution in [0.5, 0.6) is 23.0 Å². The Morgan fingerprint density at radius 3 is 1.83 bits per heavy atom. The molecule has 6 rings (SSSR count). The number of ether oxygens (including phenoxy) is 4. The first-order chi connectivity index (χ1) is 23.0. The molecule has 3 aromatic carbocycles. The molecule has 1 aliphatic rings. The van der Waals surface area contributed by atoms with E-state index in [0.29, 0.717) is 51.5 Å². The average Bonchev–Trinajstić information content (AvgIpc) is 3.72. The molecule has 238 valence electrons. The molecule has 1 aliphatic heterocycles. The molecule has 0 saturated carbocycles. The van der Waals surface area contributed by atoms with Gasteiger partial charge in [0, 0.05) is 23.8 Å². The Morgan fingerprint density at radius 2 is 1.30 bits per heavy atom. The number of benzene rings is 3. The number of furan rings is 1. The van der Waals surface area contributed by atoms with Gasteiger partial charge in [0.1, 0.15) is 34.5 Å². The lowest BCUT2D eigenvalue weighted by molar-refractivity contribution is -0.121. The number of rotatable bonds is 12. The molecule has 5 aromatic rings. The number of aliphatic imine (C=N–C) groups is 1. The van der Waals surface area contributed by atoms with Crippen molar-refractivity contribution in [3.8, 4) is 23.0 Å². The van der Waals surface area contributed by atoms with Gasteiger partial charge in [-0.1, -0.05) is 30.3 Å². The van der Waals surface area contributed by atoms with E-state index in [4.69, 9.17) is 23.4 Å². The number of amides is 1. The van der Waals surface area contributed by atoms with Crippen molar-refractivity contribution < 1.29 is 28.2 Å². The van der Waals surface area contributed by atoms with Gasteiger partial charge < -0.3 is 34.0 Å². The number of aromatic nitrogens is 3. The Kier molecular flexibility index (Phi) is 8.81. The summed E-state index contributed by atoms with van der Waals surface area (Å²) in [6, 6.07) is 23.2. The summed E-state index contributed by atoms with van der Waals surface area (Å²) in [6.07, 6.45) is 3.08. The van der Waals surface area contributed by atoms with Crippen molar-refractivity contribution in [3.63, 3.8) is 0 Å². The van der Waals surface area contributed by atoms with E-state index >= 15 is 0 Å². The van der Waals surface area contributed by atoms with E-state index in [1.54, 1.807) is 83.0 Å². The highest BCUT2D eigenvalue weighted by Gasteiger charge is 2.33. The highest BCUT2D eigenvalue weighted by molar-refractivity contribution is 6.20. The topological polar surface area (TPSA) is 157 Å². The fourth-order valence-electron chi connectivity index (χ4n) is 4.61. The molecular formula is C33H30N8O6. The standard InChI is InChI=1S/C33H30N8O6/c1-43-21-12-14-27(45-3)24(17-21)35-31-37-32(36-25-18-22(44-2)13-15-28(25)46-4)39-33(38-31)40-41-29(20-9-6-5-7-10-20)34-26(30(41)42)19-23-11-8-16-47-23/h5-19H,1-4H3,(H3,35,36,37,38,39,40). The quantitative estimate of drug-likeness (QED) is 0.145. The largest absolute Gasteiger partial charge is 0.497 e. The van der Waals surface area contributed by atoms with Gasteiger partial charge in [0.05, 0.1) is 46.1 Å². The molecule has 0 bridgehead atoms. The maximum absolute atomic E-state index is 13.8. The van der Waals surface area contributed by atoms with Crippen molar-refractivity contribution in [1.29, 1.82) is 0 Å². The maximum Gasteiger partial charge on any atom is 0.297 e. The van der Waals surface area contributed by atoms with Crippen LogP contribution in [0.1, 0.15) is 11.3 Å². The van der Waals surface area contributed by atoms with Crippen LogP contribution < -0.4 is 35.0 Å². The third kappa shape index (κ3) is 6.76. The van der Waals surface area contributed by atoms with Gasteiger partial charge in [-0.25, -0.2) is 4.99 Å². The molecule has 0 aliphatic carbocycles. The number of nitrogens with one attached hydrogen (secondary N) is 3. The number of anilines is 5. The van der Waals surface area contributed by atoms with Crippen LogP contribution in [0.3, 0.4) is 0 Å². The molecule has 0 spiro atoms. The van der Waals surface area contributed by atoms with Crippen LogP contribution in [0.25, 0.3) is 6.08 Å². The fourth-order valence-corrected chi connectivity index (χ4v) is 4.61. The predicted octanol–water partition coefficient (Wildman–Crippen LogP) is 5.64. The highest BCUT2D eigenvalue weighted by Crippen LogP contribution is 2.33. The van der Waals surface area contributed by atoms with Gasteiger partial charge in [0.15, 0.2) is 5.84 Å². The molecule has 14 heteroatoms. The van der Waals surface area contributed by atoms with Gasteiger partial charge in [0.2, 0.25) is 17.8 Å². The summed E-state index contributed by atoms with van der Waals surface area (Å²) in [4.78, 5) is 32.1. The lowest BCUT2D eigenvalue weighted by Gasteiger charge is -2.20. The summed E-state index contributed by atoms with van der Waals surface area (Å²) in [5.74, 6) is 2.83. The van der Waals surface area contributed by atoms with E-state index in [-0.39, 0.29) is 23.5 Å². The van der Waals surface area contributed by atoms with E-state index < -0.39 is 5.91 Å². The third-order valence-corrected chi connectivity index (χ3v) is 6.87. The van der Waals surface area contributed by atoms with Crippen molar-refractivity contribution in [2.24, 2.45) is 4.99 Å². The first kappa shape index (κ1) is 30.5. The second-order valence-corrected chi connectivity index (χ2v) is 9.79. The smallest absolute Gasteiger partial charge is 0.297 e. The van der Waals surface area contributed by atoms with Crippen LogP contribution in [0.2, 0.25) is 0 Å². The second-order valence-electron chi connectivity index (χ2n) is 9.79. The van der Waals surface area contributed by atoms with E-state index in [2.05, 4.69) is 36.0 Å². The van der Waals surface area contributed by atoms with Crippen LogP contribution in [0, 0.1) is 0 Å². The zero-order chi connectivity index (χ0) is 32.8. The Hall–Kier alpha value is -6.57. The number of amidine groups is 1. The fraction of sp³-hybridized carbons (Fsp3) is 0.121. The first-order valence-corrected chi connectivity index (χ1v) is 14.2. The van der Waals surface area contributed by atoms with Gasteiger partial charge in [-0.05, 0) is 36.4 Å². The van der Waals surface area contributed by atoms with Crippen LogP contribution >= 0.6 is 0 Å². The molecule has 1 amide bonds. The Morgan fingerprint density at radius 1 is 0.702 bits per heavy atom. The van der Waals surface area contributed by atoms with Crippen molar-refractivity contribution in [2.75, 3.05) is 44.5 Å². The molecule has 2 aromatic heterocycles. The Balaban J connectivity index is 1.41. The lowest BCUT2D eigenvalue weighted by atomic mass is 10.2. The van der Waals surface area contributed by atoms with E-state index in [9.17, 15) is 4.79 Å². The molecular weight excluding hydrogens is 604 g/mol. The summed E-state index contributed by atoms with van der Waals surface area (Å²) in [6.45, 7) is 0. The minimum atomic E-state index is -0.450. The predicted molar refractivity (Wildman–Crippen MR) is 176 cm³/mol. The maximum atomic E-state index is 13.8. The number of methoxy groups -OCH3 is 4. The Labute approximate surface area is 269 Å². The summed E-state index contributed by atoms with van der Waals surface area (Å²) in [5.41, 5.74) is 4.93. The van der Waals surface area contributed by atoms with Gasteiger partial charge >= 0.3 is 0 Å². The number of hydrogen-bond acceptors (Lipinski definition) is 13. The summed E-state index contributed by atoms with van der Waals surface area (Å²) in [5, 5.41) is 7.61. The number of hydrazine groups is 1. The van der Waals surface area contributed by atoms with Crippen LogP contribution in [-0.2, 0) is 4.79 Å². The first-order valence-electron chi connectivity index (χ1n) is 14.2. The van der Waals surface area contributed by atoms with Crippen molar-refractivity contribution in [1.82, 2.24) is 20.0 Å². The zero-order valence-electron chi connectivity index (χ0n) is 25.8. The van der Waals surface area contributed by atoms with E-state index in [0.717, 1.165) is 0 Å². The van der Waals surface area contributed by atoms with Crippen molar-refractivity contribution in [2.45, 2.75) is 0 Å². The average molecular weight is 635 g/mol. The monoisotopic (exact) mass is 634 g/mol. The number of carbonyl (C=O) groups excluding carboxylic acids is 1. The van der Waals surface area contributed by atoms with Gasteiger partial charge in [-0.3, -0.25) is 10.2 Å². The Bertz CT molecular complexity index is 1870. The molecule has 0 atom stereocenters. The second kappa shape index (κ2) is 13.6. The molecule has 0 saturated heterocycles. The SMILES string of the molecule is COc1ccc(OC)c(Nc2nc(Nc3cc(OC)ccc3OC)nc(NN3C(=O)C(=Cc4ccco4)N=C3c3ccccc3)n2)c1. The highest BCUT2D eigenvalue weighted by atomic mass is 16.5. The molecule has 3 N–H and O–H groups in total. The summed E-state index contributed by atoms with van der Waals surface area (Å²) >= 11 is 0. The molecule has 14 nitrogen and oxygen atoms in total. The van der Waals surface area contributed by atoms with Crippen molar-refractivity contribution in [3.05, 3.63) is 102 Å². The number of carbonyl (C=O) groups is 1. The lowest BCUT2D eigenvalue weighted by Crippen LogP contribution is -2.38. The number of hydrogen-bond donors (Lipinski definition) is 3. The van der Waals surface area contributed by atoms with Gasteiger partial charge in [-0.15, -0.1) is 0 Å². The third-order valence-electron chi connectivity index (χ3n) is 6.87. The normalized spacial score (nSPS) is 13.3. The van der Waals surface area contributed by atoms with E-state index in [1.807, 2.05) is 30.3 Å². The van der Waals surface area contributed by atoms with Gasteiger partial charge in [0.25, 0.3) is 5.91 Å². The molecule has 47 heavy (non-hydrogen) atoms. The van der Waals surface area contributed by atoms with Crippen LogP contribution in [-0.4, -0.2) is 60.1 Å². The minimum absolute atomic E-state index is 0.0185. The molecule has 3 heterocycles. The summed E-state index contributed by atoms with van der Waals surface area (Å²) in [7, 11) is 6.22.